The quantitative estimate of drug-likeness (QED) is 0.252. The first-order chi connectivity index (χ1) is 12.1. The molecule has 0 aromatic heterocycles. The van der Waals surface area contributed by atoms with E-state index in [1.54, 1.807) is 49.5 Å². The Labute approximate surface area is 174 Å². The molecule has 0 atom stereocenters. The highest BCUT2D eigenvalue weighted by Crippen LogP contribution is 2.14. The number of hydrogen-bond donors (Lipinski definition) is 3. The van der Waals surface area contributed by atoms with Gasteiger partial charge in [-0.1, -0.05) is 41.9 Å². The van der Waals surface area contributed by atoms with Gasteiger partial charge in [0.1, 0.15) is 5.82 Å². The molecule has 3 N–H and O–H groups in total. The van der Waals surface area contributed by atoms with Crippen molar-refractivity contribution in [2.75, 3.05) is 20.1 Å². The van der Waals surface area contributed by atoms with Crippen molar-refractivity contribution in [2.24, 2.45) is 4.99 Å². The molecule has 2 aromatic carbocycles. The minimum atomic E-state index is -0.266. The van der Waals surface area contributed by atoms with Gasteiger partial charge in [-0.25, -0.2) is 4.39 Å². The Hall–Kier alpha value is -1.87. The molecule has 0 heterocycles. The zero-order valence-electron chi connectivity index (χ0n) is 14.3. The van der Waals surface area contributed by atoms with E-state index in [-0.39, 0.29) is 35.7 Å². The van der Waals surface area contributed by atoms with Gasteiger partial charge in [0, 0.05) is 32.2 Å². The molecule has 26 heavy (non-hydrogen) atoms. The van der Waals surface area contributed by atoms with E-state index in [0.717, 1.165) is 0 Å². The minimum absolute atomic E-state index is 0. The van der Waals surface area contributed by atoms with E-state index >= 15 is 0 Å². The van der Waals surface area contributed by atoms with Gasteiger partial charge in [-0.2, -0.15) is 0 Å². The van der Waals surface area contributed by atoms with Gasteiger partial charge in [0.2, 0.25) is 0 Å². The fourth-order valence-corrected chi connectivity index (χ4v) is 2.36. The number of aliphatic imine (C=N–C) groups is 1. The maximum Gasteiger partial charge on any atom is 0.252 e. The zero-order valence-corrected chi connectivity index (χ0v) is 17.3. The van der Waals surface area contributed by atoms with Crippen LogP contribution in [0.2, 0.25) is 5.02 Å². The maximum absolute atomic E-state index is 13.6. The van der Waals surface area contributed by atoms with E-state index in [1.165, 1.54) is 6.07 Å². The smallest absolute Gasteiger partial charge is 0.252 e. The van der Waals surface area contributed by atoms with Crippen molar-refractivity contribution in [2.45, 2.75) is 6.54 Å². The van der Waals surface area contributed by atoms with Crippen LogP contribution in [0.5, 0.6) is 0 Å². The van der Waals surface area contributed by atoms with E-state index in [2.05, 4.69) is 20.9 Å². The molecule has 0 radical (unpaired) electrons. The van der Waals surface area contributed by atoms with Crippen LogP contribution < -0.4 is 16.0 Å². The molecule has 0 bridgehead atoms. The molecule has 5 nitrogen and oxygen atoms in total. The van der Waals surface area contributed by atoms with Crippen LogP contribution in [0, 0.1) is 5.82 Å². The van der Waals surface area contributed by atoms with Crippen molar-refractivity contribution in [1.82, 2.24) is 16.0 Å². The molecule has 0 aliphatic carbocycles. The standard InChI is InChI=1S/C18H20ClFN4O.HI/c1-21-18(24-12-13-6-2-5-9-16(13)20)23-11-10-22-17(25)14-7-3-4-8-15(14)19;/h2-9H,10-12H2,1H3,(H,22,25)(H2,21,23,24);1H. The Bertz CT molecular complexity index is 757. The average Bonchev–Trinajstić information content (AvgIpc) is 2.62. The molecule has 0 aliphatic rings. The molecule has 0 spiro atoms. The Kier molecular flexibility index (Phi) is 9.97. The van der Waals surface area contributed by atoms with Gasteiger partial charge in [0.25, 0.3) is 5.91 Å². The van der Waals surface area contributed by atoms with Crippen LogP contribution in [-0.2, 0) is 6.54 Å². The third-order valence-electron chi connectivity index (χ3n) is 3.45. The topological polar surface area (TPSA) is 65.5 Å². The number of guanidine groups is 1. The summed E-state index contributed by atoms with van der Waals surface area (Å²) < 4.78 is 13.6. The molecule has 0 fully saturated rings. The fourth-order valence-electron chi connectivity index (χ4n) is 2.14. The van der Waals surface area contributed by atoms with Gasteiger partial charge in [-0.3, -0.25) is 9.79 Å². The van der Waals surface area contributed by atoms with Crippen LogP contribution in [0.1, 0.15) is 15.9 Å². The largest absolute Gasteiger partial charge is 0.355 e. The van der Waals surface area contributed by atoms with Crippen LogP contribution in [0.15, 0.2) is 53.5 Å². The molecular formula is C18H21ClFIN4O. The lowest BCUT2D eigenvalue weighted by Gasteiger charge is -2.13. The van der Waals surface area contributed by atoms with Crippen LogP contribution in [-0.4, -0.2) is 32.0 Å². The number of hydrogen-bond acceptors (Lipinski definition) is 2. The molecule has 140 valence electrons. The number of rotatable bonds is 6. The summed E-state index contributed by atoms with van der Waals surface area (Å²) in [5.41, 5.74) is 0.990. The van der Waals surface area contributed by atoms with Gasteiger partial charge in [-0.15, -0.1) is 24.0 Å². The Morgan fingerprint density at radius 2 is 1.69 bits per heavy atom. The maximum atomic E-state index is 13.6. The van der Waals surface area contributed by atoms with Crippen LogP contribution in [0.3, 0.4) is 0 Å². The Morgan fingerprint density at radius 3 is 2.38 bits per heavy atom. The first-order valence-electron chi connectivity index (χ1n) is 7.82. The molecule has 0 saturated carbocycles. The van der Waals surface area contributed by atoms with Crippen molar-refractivity contribution in [3.8, 4) is 0 Å². The summed E-state index contributed by atoms with van der Waals surface area (Å²) in [6.45, 7) is 1.18. The minimum Gasteiger partial charge on any atom is -0.355 e. The van der Waals surface area contributed by atoms with Gasteiger partial charge in [0.05, 0.1) is 10.6 Å². The third-order valence-corrected chi connectivity index (χ3v) is 3.78. The van der Waals surface area contributed by atoms with Crippen molar-refractivity contribution in [3.63, 3.8) is 0 Å². The van der Waals surface area contributed by atoms with Gasteiger partial charge in [-0.05, 0) is 18.2 Å². The van der Waals surface area contributed by atoms with Crippen LogP contribution in [0.25, 0.3) is 0 Å². The lowest BCUT2D eigenvalue weighted by atomic mass is 10.2. The number of carbonyl (C=O) groups excluding carboxylic acids is 1. The second-order valence-corrected chi connectivity index (χ2v) is 5.59. The summed E-state index contributed by atoms with van der Waals surface area (Å²) in [4.78, 5) is 16.1. The first-order valence-corrected chi connectivity index (χ1v) is 8.20. The number of halogens is 3. The summed E-state index contributed by atoms with van der Waals surface area (Å²) >= 11 is 5.98. The van der Waals surface area contributed by atoms with Crippen LogP contribution in [0.4, 0.5) is 4.39 Å². The van der Waals surface area contributed by atoms with Crippen molar-refractivity contribution < 1.29 is 9.18 Å². The molecule has 0 aliphatic heterocycles. The summed E-state index contributed by atoms with van der Waals surface area (Å²) in [5, 5.41) is 9.26. The highest BCUT2D eigenvalue weighted by molar-refractivity contribution is 14.0. The van der Waals surface area contributed by atoms with Crippen molar-refractivity contribution in [1.29, 1.82) is 0 Å². The molecule has 0 unspecified atom stereocenters. The molecular weight excluding hydrogens is 470 g/mol. The monoisotopic (exact) mass is 490 g/mol. The fraction of sp³-hybridized carbons (Fsp3) is 0.222. The Balaban J connectivity index is 0.00000338. The lowest BCUT2D eigenvalue weighted by Crippen LogP contribution is -2.41. The van der Waals surface area contributed by atoms with Crippen molar-refractivity contribution in [3.05, 3.63) is 70.5 Å². The van der Waals surface area contributed by atoms with E-state index in [0.29, 0.717) is 41.7 Å². The Morgan fingerprint density at radius 1 is 1.04 bits per heavy atom. The zero-order chi connectivity index (χ0) is 18.1. The van der Waals surface area contributed by atoms with Crippen LogP contribution >= 0.6 is 35.6 Å². The SMILES string of the molecule is CN=C(NCCNC(=O)c1ccccc1Cl)NCc1ccccc1F.I. The van der Waals surface area contributed by atoms with Gasteiger partial charge < -0.3 is 16.0 Å². The first kappa shape index (κ1) is 22.2. The summed E-state index contributed by atoms with van der Waals surface area (Å²) in [6.07, 6.45) is 0. The van der Waals surface area contributed by atoms with E-state index in [4.69, 9.17) is 11.6 Å². The number of nitrogens with zero attached hydrogens (tertiary/aromatic N) is 1. The molecule has 2 rings (SSSR count). The second-order valence-electron chi connectivity index (χ2n) is 5.18. The van der Waals surface area contributed by atoms with E-state index in [9.17, 15) is 9.18 Å². The lowest BCUT2D eigenvalue weighted by molar-refractivity contribution is 0.0954. The molecule has 2 aromatic rings. The molecule has 0 saturated heterocycles. The predicted molar refractivity (Wildman–Crippen MR) is 114 cm³/mol. The van der Waals surface area contributed by atoms with Gasteiger partial charge >= 0.3 is 0 Å². The summed E-state index contributed by atoms with van der Waals surface area (Å²) in [6, 6.07) is 13.4. The van der Waals surface area contributed by atoms with Gasteiger partial charge in [0.15, 0.2) is 5.96 Å². The number of amides is 1. The third kappa shape index (κ3) is 6.80. The predicted octanol–water partition coefficient (Wildman–Crippen LogP) is 3.19. The van der Waals surface area contributed by atoms with E-state index in [1.807, 2.05) is 0 Å². The van der Waals surface area contributed by atoms with E-state index < -0.39 is 0 Å². The summed E-state index contributed by atoms with van der Waals surface area (Å²) in [7, 11) is 1.62. The summed E-state index contributed by atoms with van der Waals surface area (Å²) in [5.74, 6) is 0.0226. The number of benzene rings is 2. The normalized spacial score (nSPS) is 10.7. The number of carbonyl (C=O) groups is 1. The number of nitrogens with one attached hydrogen (secondary N) is 3. The molecule has 8 heteroatoms. The average molecular weight is 491 g/mol. The highest BCUT2D eigenvalue weighted by Gasteiger charge is 2.08. The molecule has 1 amide bonds. The van der Waals surface area contributed by atoms with Crippen molar-refractivity contribution >= 4 is 47.4 Å². The second kappa shape index (κ2) is 11.7. The highest BCUT2D eigenvalue weighted by atomic mass is 127.